The molecule has 0 aliphatic carbocycles. The summed E-state index contributed by atoms with van der Waals surface area (Å²) < 4.78 is 25.6. The van der Waals surface area contributed by atoms with E-state index >= 15 is 0 Å². The van der Waals surface area contributed by atoms with Gasteiger partial charge in [0.1, 0.15) is 0 Å². The maximum Gasteiger partial charge on any atom is 0.155 e. The van der Waals surface area contributed by atoms with Crippen LogP contribution in [0.3, 0.4) is 0 Å². The molecule has 2 atom stereocenters. The van der Waals surface area contributed by atoms with Crippen LogP contribution in [0.1, 0.15) is 31.7 Å². The quantitative estimate of drug-likeness (QED) is 0.879. The van der Waals surface area contributed by atoms with Crippen LogP contribution in [0.5, 0.6) is 0 Å². The first kappa shape index (κ1) is 13.5. The number of sulfone groups is 1. The summed E-state index contributed by atoms with van der Waals surface area (Å²) in [5, 5.41) is 13.7. The molecule has 1 aliphatic heterocycles. The predicted octanol–water partition coefficient (Wildman–Crippen LogP) is 0.774. The molecule has 0 spiro atoms. The van der Waals surface area contributed by atoms with E-state index in [4.69, 9.17) is 0 Å². The zero-order valence-electron chi connectivity index (χ0n) is 10.6. The van der Waals surface area contributed by atoms with Crippen molar-refractivity contribution in [1.82, 2.24) is 9.78 Å². The number of rotatable bonds is 4. The first-order chi connectivity index (χ1) is 8.53. The molecule has 2 unspecified atom stereocenters. The summed E-state index contributed by atoms with van der Waals surface area (Å²) in [6.45, 7) is 2.76. The van der Waals surface area contributed by atoms with Crippen molar-refractivity contribution in [2.45, 2.75) is 50.5 Å². The van der Waals surface area contributed by atoms with E-state index in [1.807, 2.05) is 13.1 Å². The average Bonchev–Trinajstić information content (AvgIpc) is 2.76. The molecule has 6 heteroatoms. The highest BCUT2D eigenvalue weighted by Gasteiger charge is 2.34. The summed E-state index contributed by atoms with van der Waals surface area (Å²) in [4.78, 5) is 0. The molecule has 1 aromatic heterocycles. The molecule has 1 aliphatic rings. The average molecular weight is 272 g/mol. The van der Waals surface area contributed by atoms with Crippen LogP contribution in [-0.2, 0) is 22.8 Å². The molecule has 2 rings (SSSR count). The minimum Gasteiger partial charge on any atom is -0.391 e. The zero-order valence-corrected chi connectivity index (χ0v) is 11.4. The van der Waals surface area contributed by atoms with Gasteiger partial charge in [-0.1, -0.05) is 6.42 Å². The second kappa shape index (κ2) is 5.40. The van der Waals surface area contributed by atoms with Gasteiger partial charge in [-0.25, -0.2) is 8.42 Å². The lowest BCUT2D eigenvalue weighted by Gasteiger charge is -2.26. The summed E-state index contributed by atoms with van der Waals surface area (Å²) in [5.74, 6) is 0.211. The van der Waals surface area contributed by atoms with Crippen molar-refractivity contribution < 1.29 is 13.5 Å². The summed E-state index contributed by atoms with van der Waals surface area (Å²) in [6.07, 6.45) is 5.29. The minimum atomic E-state index is -3.12. The van der Waals surface area contributed by atoms with Crippen molar-refractivity contribution >= 4 is 9.84 Å². The number of hydrogen-bond acceptors (Lipinski definition) is 4. The van der Waals surface area contributed by atoms with E-state index in [1.165, 1.54) is 0 Å². The van der Waals surface area contributed by atoms with Crippen molar-refractivity contribution in [3.63, 3.8) is 0 Å². The fraction of sp³-hybridized carbons (Fsp3) is 0.750. The Hall–Kier alpha value is -0.880. The molecule has 0 bridgehead atoms. The molecule has 18 heavy (non-hydrogen) atoms. The largest absolute Gasteiger partial charge is 0.391 e. The van der Waals surface area contributed by atoms with Crippen molar-refractivity contribution in [2.75, 3.05) is 5.75 Å². The number of aliphatic hydroxyl groups excluding tert-OH is 1. The highest BCUT2D eigenvalue weighted by molar-refractivity contribution is 7.92. The lowest BCUT2D eigenvalue weighted by Crippen LogP contribution is -2.39. The second-order valence-electron chi connectivity index (χ2n) is 4.88. The smallest absolute Gasteiger partial charge is 0.155 e. The third-order valence-corrected chi connectivity index (χ3v) is 5.84. The Bertz CT molecular complexity index is 495. The molecule has 1 N–H and O–H groups in total. The van der Waals surface area contributed by atoms with Crippen molar-refractivity contribution in [1.29, 1.82) is 0 Å². The normalized spacial score (nSPS) is 24.9. The molecule has 1 aromatic rings. The Labute approximate surface area is 108 Å². The summed E-state index contributed by atoms with van der Waals surface area (Å²) in [5.41, 5.74) is 0.894. The predicted molar refractivity (Wildman–Crippen MR) is 69.0 cm³/mol. The first-order valence-electron chi connectivity index (χ1n) is 6.44. The van der Waals surface area contributed by atoms with Crippen molar-refractivity contribution in [2.24, 2.45) is 0 Å². The Morgan fingerprint density at radius 2 is 2.33 bits per heavy atom. The third kappa shape index (κ3) is 2.92. The van der Waals surface area contributed by atoms with Crippen molar-refractivity contribution in [3.05, 3.63) is 18.0 Å². The van der Waals surface area contributed by atoms with Gasteiger partial charge in [-0.2, -0.15) is 5.10 Å². The topological polar surface area (TPSA) is 72.2 Å². The van der Waals surface area contributed by atoms with Gasteiger partial charge in [0, 0.05) is 19.2 Å². The van der Waals surface area contributed by atoms with Gasteiger partial charge in [0.05, 0.1) is 23.3 Å². The van der Waals surface area contributed by atoms with Gasteiger partial charge in [-0.3, -0.25) is 4.68 Å². The zero-order chi connectivity index (χ0) is 13.2. The maximum absolute atomic E-state index is 11.9. The number of aliphatic hydroxyl groups is 1. The minimum absolute atomic E-state index is 0.211. The lowest BCUT2D eigenvalue weighted by molar-refractivity contribution is 0.162. The van der Waals surface area contributed by atoms with E-state index in [2.05, 4.69) is 5.10 Å². The molecule has 0 aromatic carbocycles. The van der Waals surface area contributed by atoms with Crippen LogP contribution in [0.4, 0.5) is 0 Å². The van der Waals surface area contributed by atoms with Crippen LogP contribution in [-0.4, -0.2) is 40.4 Å². The highest BCUT2D eigenvalue weighted by Crippen LogP contribution is 2.24. The number of nitrogens with zero attached hydrogens (tertiary/aromatic N) is 2. The van der Waals surface area contributed by atoms with E-state index in [0.29, 0.717) is 12.8 Å². The maximum atomic E-state index is 11.9. The molecule has 1 saturated heterocycles. The Kier molecular flexibility index (Phi) is 4.07. The van der Waals surface area contributed by atoms with Gasteiger partial charge in [-0.05, 0) is 25.3 Å². The van der Waals surface area contributed by atoms with Crippen LogP contribution in [0.25, 0.3) is 0 Å². The summed E-state index contributed by atoms with van der Waals surface area (Å²) >= 11 is 0. The molecular weight excluding hydrogens is 252 g/mol. The highest BCUT2D eigenvalue weighted by atomic mass is 32.2. The van der Waals surface area contributed by atoms with Gasteiger partial charge < -0.3 is 5.11 Å². The molecule has 1 fully saturated rings. The van der Waals surface area contributed by atoms with E-state index in [1.54, 1.807) is 10.9 Å². The Balaban J connectivity index is 2.04. The molecule has 5 nitrogen and oxygen atoms in total. The van der Waals surface area contributed by atoms with Gasteiger partial charge >= 0.3 is 0 Å². The lowest BCUT2D eigenvalue weighted by atomic mass is 10.0. The van der Waals surface area contributed by atoms with Gasteiger partial charge in [0.25, 0.3) is 0 Å². The van der Waals surface area contributed by atoms with E-state index in [9.17, 15) is 13.5 Å². The van der Waals surface area contributed by atoms with E-state index < -0.39 is 21.2 Å². The van der Waals surface area contributed by atoms with Crippen LogP contribution in [0.15, 0.2) is 12.4 Å². The van der Waals surface area contributed by atoms with E-state index in [-0.39, 0.29) is 5.75 Å². The molecular formula is C12H20N2O3S. The first-order valence-corrected chi connectivity index (χ1v) is 8.15. The van der Waals surface area contributed by atoms with Gasteiger partial charge in [0.2, 0.25) is 0 Å². The fourth-order valence-electron chi connectivity index (χ4n) is 2.47. The van der Waals surface area contributed by atoms with E-state index in [0.717, 1.165) is 24.9 Å². The SMILES string of the molecule is CCn1cc(CC(O)C2CCCCS2(=O)=O)cn1. The van der Waals surface area contributed by atoms with Crippen molar-refractivity contribution in [3.8, 4) is 0 Å². The second-order valence-corrected chi connectivity index (χ2v) is 7.22. The van der Waals surface area contributed by atoms with Gasteiger partial charge in [-0.15, -0.1) is 0 Å². The van der Waals surface area contributed by atoms with Crippen LogP contribution in [0.2, 0.25) is 0 Å². The Morgan fingerprint density at radius 3 is 2.94 bits per heavy atom. The van der Waals surface area contributed by atoms with Gasteiger partial charge in [0.15, 0.2) is 9.84 Å². The molecule has 102 valence electrons. The monoisotopic (exact) mass is 272 g/mol. The Morgan fingerprint density at radius 1 is 1.56 bits per heavy atom. The van der Waals surface area contributed by atoms with Crippen LogP contribution in [0, 0.1) is 0 Å². The molecule has 2 heterocycles. The number of aryl methyl sites for hydroxylation is 1. The summed E-state index contributed by atoms with van der Waals surface area (Å²) in [7, 11) is -3.12. The number of hydrogen-bond donors (Lipinski definition) is 1. The standard InChI is InChI=1S/C12H20N2O3S/c1-2-14-9-10(8-13-14)7-11(15)12-5-3-4-6-18(12,16)17/h8-9,11-12,15H,2-7H2,1H3. The number of aromatic nitrogens is 2. The molecule has 0 saturated carbocycles. The van der Waals surface area contributed by atoms with Crippen LogP contribution < -0.4 is 0 Å². The summed E-state index contributed by atoms with van der Waals surface area (Å²) in [6, 6.07) is 0. The third-order valence-electron chi connectivity index (χ3n) is 3.51. The molecule has 0 amide bonds. The van der Waals surface area contributed by atoms with Crippen LogP contribution >= 0.6 is 0 Å². The molecule has 0 radical (unpaired) electrons. The fourth-order valence-corrected chi connectivity index (χ4v) is 4.48.